The lowest BCUT2D eigenvalue weighted by atomic mass is 10.1. The van der Waals surface area contributed by atoms with Gasteiger partial charge in [-0.25, -0.2) is 0 Å². The fraction of sp³-hybridized carbons (Fsp3) is 0.417. The van der Waals surface area contributed by atoms with Gasteiger partial charge in [0.15, 0.2) is 5.78 Å². The zero-order valence-electron chi connectivity index (χ0n) is 9.23. The van der Waals surface area contributed by atoms with Crippen LogP contribution < -0.4 is 4.90 Å². The Morgan fingerprint density at radius 2 is 2.07 bits per heavy atom. The van der Waals surface area contributed by atoms with Crippen molar-refractivity contribution in [1.29, 1.82) is 0 Å². The van der Waals surface area contributed by atoms with Gasteiger partial charge in [0.1, 0.15) is 0 Å². The Balaban J connectivity index is 3.04. The van der Waals surface area contributed by atoms with Crippen molar-refractivity contribution in [1.82, 2.24) is 0 Å². The van der Waals surface area contributed by atoms with E-state index < -0.39 is 0 Å². The lowest BCUT2D eigenvalue weighted by Crippen LogP contribution is -2.27. The minimum Gasteiger partial charge on any atom is -0.395 e. The number of rotatable bonds is 5. The van der Waals surface area contributed by atoms with Gasteiger partial charge in [0.25, 0.3) is 0 Å². The zero-order chi connectivity index (χ0) is 11.3. The van der Waals surface area contributed by atoms with E-state index in [1.165, 1.54) is 0 Å². The van der Waals surface area contributed by atoms with Crippen molar-refractivity contribution in [2.24, 2.45) is 0 Å². The molecule has 0 unspecified atom stereocenters. The van der Waals surface area contributed by atoms with E-state index in [4.69, 9.17) is 5.11 Å². The minimum atomic E-state index is 0.0574. The first-order valence-corrected chi connectivity index (χ1v) is 5.16. The molecule has 0 bridgehead atoms. The molecule has 0 spiro atoms. The molecule has 15 heavy (non-hydrogen) atoms. The molecule has 0 saturated heterocycles. The number of likely N-dealkylation sites (N-methyl/N-ethyl adjacent to an activating group) is 1. The summed E-state index contributed by atoms with van der Waals surface area (Å²) in [5, 5.41) is 8.93. The number of aliphatic hydroxyl groups excluding tert-OH is 1. The first-order valence-electron chi connectivity index (χ1n) is 5.16. The SMILES string of the molecule is CCN(CCO)c1ccccc1C(C)=O. The van der Waals surface area contributed by atoms with Gasteiger partial charge in [0.2, 0.25) is 0 Å². The Morgan fingerprint density at radius 1 is 1.40 bits per heavy atom. The van der Waals surface area contributed by atoms with Crippen LogP contribution >= 0.6 is 0 Å². The molecule has 0 heterocycles. The maximum absolute atomic E-state index is 11.4. The average Bonchev–Trinajstić information content (AvgIpc) is 2.26. The highest BCUT2D eigenvalue weighted by Crippen LogP contribution is 2.20. The predicted octanol–water partition coefficient (Wildman–Crippen LogP) is 1.71. The molecule has 1 rings (SSSR count). The normalized spacial score (nSPS) is 10.1. The van der Waals surface area contributed by atoms with E-state index in [0.717, 1.165) is 12.2 Å². The number of para-hydroxylation sites is 1. The average molecular weight is 207 g/mol. The number of benzene rings is 1. The summed E-state index contributed by atoms with van der Waals surface area (Å²) in [6.45, 7) is 5.00. The van der Waals surface area contributed by atoms with Crippen LogP contribution in [0.5, 0.6) is 0 Å². The summed E-state index contributed by atoms with van der Waals surface area (Å²) >= 11 is 0. The van der Waals surface area contributed by atoms with Gasteiger partial charge in [0.05, 0.1) is 6.61 Å². The van der Waals surface area contributed by atoms with Crippen molar-refractivity contribution in [2.45, 2.75) is 13.8 Å². The molecule has 0 fully saturated rings. The Kier molecular flexibility index (Phi) is 4.31. The van der Waals surface area contributed by atoms with Crippen LogP contribution in [0.15, 0.2) is 24.3 Å². The molecule has 3 heteroatoms. The summed E-state index contributed by atoms with van der Waals surface area (Å²) in [5.41, 5.74) is 1.62. The second-order valence-corrected chi connectivity index (χ2v) is 3.38. The molecule has 0 aliphatic rings. The van der Waals surface area contributed by atoms with Crippen molar-refractivity contribution in [3.63, 3.8) is 0 Å². The van der Waals surface area contributed by atoms with Crippen LogP contribution in [0, 0.1) is 0 Å². The van der Waals surface area contributed by atoms with Gasteiger partial charge >= 0.3 is 0 Å². The second kappa shape index (κ2) is 5.51. The molecule has 3 nitrogen and oxygen atoms in total. The van der Waals surface area contributed by atoms with Crippen molar-refractivity contribution < 1.29 is 9.90 Å². The van der Waals surface area contributed by atoms with Crippen LogP contribution in [0.2, 0.25) is 0 Å². The third-order valence-electron chi connectivity index (χ3n) is 2.38. The highest BCUT2D eigenvalue weighted by molar-refractivity contribution is 5.99. The van der Waals surface area contributed by atoms with Gasteiger partial charge in [0, 0.05) is 24.3 Å². The molecule has 1 N–H and O–H groups in total. The Labute approximate surface area is 90.3 Å². The molecule has 82 valence electrons. The smallest absolute Gasteiger partial charge is 0.161 e. The highest BCUT2D eigenvalue weighted by Gasteiger charge is 2.11. The van der Waals surface area contributed by atoms with Crippen LogP contribution in [0.4, 0.5) is 5.69 Å². The van der Waals surface area contributed by atoms with Crippen LogP contribution in [-0.2, 0) is 0 Å². The molecule has 0 saturated carbocycles. The molecule has 0 aromatic heterocycles. The quantitative estimate of drug-likeness (QED) is 0.747. The number of hydrogen-bond acceptors (Lipinski definition) is 3. The first kappa shape index (κ1) is 11.7. The second-order valence-electron chi connectivity index (χ2n) is 3.38. The molecule has 0 radical (unpaired) electrons. The molecule has 0 aliphatic heterocycles. The van der Waals surface area contributed by atoms with Crippen molar-refractivity contribution in [3.05, 3.63) is 29.8 Å². The number of Topliss-reactive ketones (excluding diaryl/α,β-unsaturated/α-hetero) is 1. The van der Waals surface area contributed by atoms with Crippen molar-refractivity contribution >= 4 is 11.5 Å². The fourth-order valence-corrected chi connectivity index (χ4v) is 1.62. The number of anilines is 1. The van der Waals surface area contributed by atoms with Gasteiger partial charge in [-0.1, -0.05) is 12.1 Å². The summed E-state index contributed by atoms with van der Waals surface area (Å²) in [7, 11) is 0. The molecule has 1 aromatic rings. The third-order valence-corrected chi connectivity index (χ3v) is 2.38. The fourth-order valence-electron chi connectivity index (χ4n) is 1.62. The summed E-state index contributed by atoms with van der Waals surface area (Å²) in [4.78, 5) is 13.4. The van der Waals surface area contributed by atoms with E-state index in [1.54, 1.807) is 6.92 Å². The van der Waals surface area contributed by atoms with Gasteiger partial charge < -0.3 is 10.0 Å². The van der Waals surface area contributed by atoms with Gasteiger partial charge in [-0.05, 0) is 26.0 Å². The Bertz CT molecular complexity index is 336. The predicted molar refractivity (Wildman–Crippen MR) is 61.4 cm³/mol. The number of nitrogens with zero attached hydrogens (tertiary/aromatic N) is 1. The van der Waals surface area contributed by atoms with E-state index in [-0.39, 0.29) is 12.4 Å². The summed E-state index contributed by atoms with van der Waals surface area (Å²) in [6, 6.07) is 7.49. The van der Waals surface area contributed by atoms with E-state index in [9.17, 15) is 4.79 Å². The number of carbonyl (C=O) groups excluding carboxylic acids is 1. The molecule has 1 aromatic carbocycles. The Morgan fingerprint density at radius 3 is 2.60 bits per heavy atom. The van der Waals surface area contributed by atoms with Crippen LogP contribution in [0.3, 0.4) is 0 Å². The van der Waals surface area contributed by atoms with E-state index in [1.807, 2.05) is 36.1 Å². The maximum atomic E-state index is 11.4. The molecule has 0 atom stereocenters. The van der Waals surface area contributed by atoms with Gasteiger partial charge in [-0.2, -0.15) is 0 Å². The van der Waals surface area contributed by atoms with Crippen molar-refractivity contribution in [3.8, 4) is 0 Å². The van der Waals surface area contributed by atoms with Gasteiger partial charge in [-0.3, -0.25) is 4.79 Å². The number of hydrogen-bond donors (Lipinski definition) is 1. The molecular weight excluding hydrogens is 190 g/mol. The van der Waals surface area contributed by atoms with Crippen LogP contribution in [-0.4, -0.2) is 30.6 Å². The number of aliphatic hydroxyl groups is 1. The number of ketones is 1. The largest absolute Gasteiger partial charge is 0.395 e. The zero-order valence-corrected chi connectivity index (χ0v) is 9.23. The lowest BCUT2D eigenvalue weighted by molar-refractivity contribution is 0.101. The summed E-state index contributed by atoms with van der Waals surface area (Å²) in [6.07, 6.45) is 0. The summed E-state index contributed by atoms with van der Waals surface area (Å²) < 4.78 is 0. The van der Waals surface area contributed by atoms with E-state index in [0.29, 0.717) is 12.1 Å². The highest BCUT2D eigenvalue weighted by atomic mass is 16.3. The first-order chi connectivity index (χ1) is 7.20. The van der Waals surface area contributed by atoms with Crippen LogP contribution in [0.25, 0.3) is 0 Å². The lowest BCUT2D eigenvalue weighted by Gasteiger charge is -2.23. The maximum Gasteiger partial charge on any atom is 0.161 e. The topological polar surface area (TPSA) is 40.5 Å². The molecule has 0 aliphatic carbocycles. The van der Waals surface area contributed by atoms with Crippen LogP contribution in [0.1, 0.15) is 24.2 Å². The minimum absolute atomic E-state index is 0.0574. The molecule has 0 amide bonds. The Hall–Kier alpha value is -1.35. The van der Waals surface area contributed by atoms with Gasteiger partial charge in [-0.15, -0.1) is 0 Å². The van der Waals surface area contributed by atoms with E-state index in [2.05, 4.69) is 0 Å². The van der Waals surface area contributed by atoms with Crippen molar-refractivity contribution in [2.75, 3.05) is 24.6 Å². The third kappa shape index (κ3) is 2.80. The summed E-state index contributed by atoms with van der Waals surface area (Å²) in [5.74, 6) is 0.0574. The standard InChI is InChI=1S/C12H17NO2/c1-3-13(8-9-14)12-7-5-4-6-11(12)10(2)15/h4-7,14H,3,8-9H2,1-2H3. The molecular formula is C12H17NO2. The number of carbonyl (C=O) groups is 1. The van der Waals surface area contributed by atoms with E-state index >= 15 is 0 Å². The monoisotopic (exact) mass is 207 g/mol.